The summed E-state index contributed by atoms with van der Waals surface area (Å²) in [5.74, 6) is 0.695. The Labute approximate surface area is 103 Å². The third kappa shape index (κ3) is 5.65. The van der Waals surface area contributed by atoms with Gasteiger partial charge in [0.15, 0.2) is 0 Å². The first kappa shape index (κ1) is 13.9. The van der Waals surface area contributed by atoms with Crippen LogP contribution in [-0.2, 0) is 11.3 Å². The number of hydrogen-bond donors (Lipinski definition) is 1. The van der Waals surface area contributed by atoms with Crippen molar-refractivity contribution >= 4 is 0 Å². The number of ether oxygens (including phenoxy) is 2. The number of nitrogens with one attached hydrogen (secondary N) is 1. The number of nitrogens with zero attached hydrogens (tertiary/aromatic N) is 1. The van der Waals surface area contributed by atoms with E-state index in [1.54, 1.807) is 6.20 Å². The van der Waals surface area contributed by atoms with Gasteiger partial charge < -0.3 is 14.8 Å². The number of aromatic nitrogens is 1. The van der Waals surface area contributed by atoms with Gasteiger partial charge in [-0.25, -0.2) is 4.98 Å². The van der Waals surface area contributed by atoms with Crippen LogP contribution in [0.15, 0.2) is 18.3 Å². The van der Waals surface area contributed by atoms with Gasteiger partial charge in [-0.1, -0.05) is 13.0 Å². The van der Waals surface area contributed by atoms with E-state index in [-0.39, 0.29) is 6.10 Å². The van der Waals surface area contributed by atoms with Crippen LogP contribution in [0.3, 0.4) is 0 Å². The van der Waals surface area contributed by atoms with E-state index in [0.29, 0.717) is 19.1 Å². The molecule has 0 aromatic carbocycles. The van der Waals surface area contributed by atoms with Crippen molar-refractivity contribution in [3.05, 3.63) is 23.9 Å². The summed E-state index contributed by atoms with van der Waals surface area (Å²) in [6.45, 7) is 8.95. The molecule has 4 heteroatoms. The zero-order valence-corrected chi connectivity index (χ0v) is 10.9. The summed E-state index contributed by atoms with van der Waals surface area (Å²) >= 11 is 0. The van der Waals surface area contributed by atoms with Crippen LogP contribution in [0, 0.1) is 0 Å². The summed E-state index contributed by atoms with van der Waals surface area (Å²) in [5.41, 5.74) is 1.08. The Hall–Kier alpha value is -1.13. The largest absolute Gasteiger partial charge is 0.475 e. The first-order valence-electron chi connectivity index (χ1n) is 6.13. The van der Waals surface area contributed by atoms with E-state index in [0.717, 1.165) is 18.7 Å². The van der Waals surface area contributed by atoms with Crippen molar-refractivity contribution in [3.63, 3.8) is 0 Å². The highest BCUT2D eigenvalue weighted by Gasteiger charge is 2.03. The smallest absolute Gasteiger partial charge is 0.217 e. The highest BCUT2D eigenvalue weighted by Crippen LogP contribution is 2.13. The van der Waals surface area contributed by atoms with Gasteiger partial charge in [0.25, 0.3) is 0 Å². The molecule has 0 amide bonds. The Kier molecular flexibility index (Phi) is 6.58. The van der Waals surface area contributed by atoms with Gasteiger partial charge in [-0.05, 0) is 26.5 Å². The molecule has 0 aliphatic carbocycles. The number of rotatable bonds is 8. The highest BCUT2D eigenvalue weighted by molar-refractivity contribution is 5.25. The molecule has 1 aromatic rings. The molecule has 1 rings (SSSR count). The second-order valence-electron chi connectivity index (χ2n) is 4.02. The second-order valence-corrected chi connectivity index (χ2v) is 4.02. The van der Waals surface area contributed by atoms with E-state index >= 15 is 0 Å². The Morgan fingerprint density at radius 1 is 1.35 bits per heavy atom. The SMILES string of the molecule is CCNCc1cccnc1OCCOC(C)C. The average molecular weight is 238 g/mol. The lowest BCUT2D eigenvalue weighted by atomic mass is 10.2. The fourth-order valence-corrected chi connectivity index (χ4v) is 1.37. The third-order valence-electron chi connectivity index (χ3n) is 2.19. The van der Waals surface area contributed by atoms with Gasteiger partial charge in [0, 0.05) is 18.3 Å². The van der Waals surface area contributed by atoms with Crippen molar-refractivity contribution in [1.29, 1.82) is 0 Å². The van der Waals surface area contributed by atoms with Crippen LogP contribution in [0.5, 0.6) is 5.88 Å². The van der Waals surface area contributed by atoms with Crippen molar-refractivity contribution < 1.29 is 9.47 Å². The molecule has 96 valence electrons. The van der Waals surface area contributed by atoms with Crippen molar-refractivity contribution in [2.75, 3.05) is 19.8 Å². The Morgan fingerprint density at radius 2 is 2.18 bits per heavy atom. The minimum absolute atomic E-state index is 0.239. The molecule has 1 aromatic heterocycles. The van der Waals surface area contributed by atoms with Crippen molar-refractivity contribution in [1.82, 2.24) is 10.3 Å². The zero-order valence-electron chi connectivity index (χ0n) is 10.9. The van der Waals surface area contributed by atoms with E-state index in [1.807, 2.05) is 26.0 Å². The normalized spacial score (nSPS) is 10.8. The molecule has 0 fully saturated rings. The molecule has 0 unspecified atom stereocenters. The molecule has 0 aliphatic heterocycles. The van der Waals surface area contributed by atoms with Crippen LogP contribution >= 0.6 is 0 Å². The molecule has 0 aliphatic rings. The van der Waals surface area contributed by atoms with Gasteiger partial charge in [-0.15, -0.1) is 0 Å². The molecule has 4 nitrogen and oxygen atoms in total. The summed E-state index contributed by atoms with van der Waals surface area (Å²) in [6.07, 6.45) is 1.98. The average Bonchev–Trinajstić information content (AvgIpc) is 2.33. The Bertz CT molecular complexity index is 316. The van der Waals surface area contributed by atoms with Crippen LogP contribution in [0.25, 0.3) is 0 Å². The number of hydrogen-bond acceptors (Lipinski definition) is 4. The molecule has 0 atom stereocenters. The minimum atomic E-state index is 0.239. The standard InChI is InChI=1S/C13H22N2O2/c1-4-14-10-12-6-5-7-15-13(12)17-9-8-16-11(2)3/h5-7,11,14H,4,8-10H2,1-3H3. The van der Waals surface area contributed by atoms with Gasteiger partial charge in [-0.3, -0.25) is 0 Å². The maximum absolute atomic E-state index is 5.61. The lowest BCUT2D eigenvalue weighted by Gasteiger charge is -2.11. The molecular weight excluding hydrogens is 216 g/mol. The fourth-order valence-electron chi connectivity index (χ4n) is 1.37. The minimum Gasteiger partial charge on any atom is -0.475 e. The van der Waals surface area contributed by atoms with Gasteiger partial charge in [0.1, 0.15) is 6.61 Å². The molecule has 0 spiro atoms. The van der Waals surface area contributed by atoms with Gasteiger partial charge in [0.05, 0.1) is 12.7 Å². The van der Waals surface area contributed by atoms with E-state index in [9.17, 15) is 0 Å². The summed E-state index contributed by atoms with van der Waals surface area (Å²) in [6, 6.07) is 3.94. The predicted molar refractivity (Wildman–Crippen MR) is 68.2 cm³/mol. The van der Waals surface area contributed by atoms with E-state index in [4.69, 9.17) is 9.47 Å². The topological polar surface area (TPSA) is 43.4 Å². The Balaban J connectivity index is 2.40. The van der Waals surface area contributed by atoms with Gasteiger partial charge in [-0.2, -0.15) is 0 Å². The summed E-state index contributed by atoms with van der Waals surface area (Å²) in [7, 11) is 0. The first-order valence-corrected chi connectivity index (χ1v) is 6.13. The lowest BCUT2D eigenvalue weighted by molar-refractivity contribution is 0.0540. The molecule has 0 radical (unpaired) electrons. The molecule has 0 saturated carbocycles. The molecular formula is C13H22N2O2. The third-order valence-corrected chi connectivity index (χ3v) is 2.19. The van der Waals surface area contributed by atoms with E-state index < -0.39 is 0 Å². The molecule has 1 N–H and O–H groups in total. The lowest BCUT2D eigenvalue weighted by Crippen LogP contribution is -2.15. The van der Waals surface area contributed by atoms with E-state index in [1.165, 1.54) is 0 Å². The second kappa shape index (κ2) is 8.03. The predicted octanol–water partition coefficient (Wildman–Crippen LogP) is 1.99. The van der Waals surface area contributed by atoms with E-state index in [2.05, 4.69) is 17.2 Å². The van der Waals surface area contributed by atoms with Gasteiger partial charge >= 0.3 is 0 Å². The Morgan fingerprint density at radius 3 is 2.88 bits per heavy atom. The monoisotopic (exact) mass is 238 g/mol. The van der Waals surface area contributed by atoms with Gasteiger partial charge in [0.2, 0.25) is 5.88 Å². The molecule has 1 heterocycles. The fraction of sp³-hybridized carbons (Fsp3) is 0.615. The quantitative estimate of drug-likeness (QED) is 0.703. The van der Waals surface area contributed by atoms with Crippen molar-refractivity contribution in [2.24, 2.45) is 0 Å². The maximum Gasteiger partial charge on any atom is 0.217 e. The summed E-state index contributed by atoms with van der Waals surface area (Å²) < 4.78 is 11.0. The van der Waals surface area contributed by atoms with Crippen LogP contribution in [0.1, 0.15) is 26.3 Å². The first-order chi connectivity index (χ1) is 8.24. The van der Waals surface area contributed by atoms with Crippen molar-refractivity contribution in [3.8, 4) is 5.88 Å². The van der Waals surface area contributed by atoms with Crippen LogP contribution in [0.4, 0.5) is 0 Å². The number of pyridine rings is 1. The molecule has 0 saturated heterocycles. The summed E-state index contributed by atoms with van der Waals surface area (Å²) in [4.78, 5) is 4.23. The van der Waals surface area contributed by atoms with Crippen LogP contribution in [0.2, 0.25) is 0 Å². The van der Waals surface area contributed by atoms with Crippen molar-refractivity contribution in [2.45, 2.75) is 33.4 Å². The van der Waals surface area contributed by atoms with Crippen LogP contribution in [-0.4, -0.2) is 30.8 Å². The highest BCUT2D eigenvalue weighted by atomic mass is 16.5. The maximum atomic E-state index is 5.61. The molecule has 0 bridgehead atoms. The zero-order chi connectivity index (χ0) is 12.5. The van der Waals surface area contributed by atoms with Crippen LogP contribution < -0.4 is 10.1 Å². The molecule has 17 heavy (non-hydrogen) atoms. The summed E-state index contributed by atoms with van der Waals surface area (Å²) in [5, 5.41) is 3.26.